The van der Waals surface area contributed by atoms with E-state index in [9.17, 15) is 9.59 Å². The van der Waals surface area contributed by atoms with E-state index in [4.69, 9.17) is 5.26 Å². The van der Waals surface area contributed by atoms with Gasteiger partial charge in [0.25, 0.3) is 11.5 Å². The minimum atomic E-state index is -0.289. The number of pyridine rings is 1. The molecule has 146 valence electrons. The molecule has 6 nitrogen and oxygen atoms in total. The monoisotopic (exact) mass is 378 g/mol. The number of fused-ring (bicyclic) bond motifs is 3. The molecule has 0 aliphatic carbocycles. The first-order valence-corrected chi connectivity index (χ1v) is 10.1. The second-order valence-electron chi connectivity index (χ2n) is 8.24. The van der Waals surface area contributed by atoms with Crippen molar-refractivity contribution < 1.29 is 4.79 Å². The lowest BCUT2D eigenvalue weighted by atomic mass is 9.97. The molecule has 3 heterocycles. The standard InChI is InChI=1S/C22H26N4O2/c1-14(2)26-20-6-4-3-5-15(20)11-19(22(26)28)21(27)24-16-12-17-7-8-18(13-16)25(17)10-9-23/h3-6,11,14,16-18H,7-8,10,12-13H2,1-2H3,(H,24,27)/t16?,17-,18+. The van der Waals surface area contributed by atoms with Crippen LogP contribution >= 0.6 is 0 Å². The third-order valence-corrected chi connectivity index (χ3v) is 6.18. The Morgan fingerprint density at radius 1 is 1.25 bits per heavy atom. The molecule has 2 aliphatic heterocycles. The predicted octanol–water partition coefficient (Wildman–Crippen LogP) is 2.83. The lowest BCUT2D eigenvalue weighted by molar-refractivity contribution is 0.0866. The van der Waals surface area contributed by atoms with Crippen LogP contribution in [-0.4, -0.2) is 40.0 Å². The van der Waals surface area contributed by atoms with E-state index in [1.165, 1.54) is 0 Å². The van der Waals surface area contributed by atoms with Gasteiger partial charge >= 0.3 is 0 Å². The summed E-state index contributed by atoms with van der Waals surface area (Å²) in [6.07, 6.45) is 3.84. The van der Waals surface area contributed by atoms with Gasteiger partial charge in [0.2, 0.25) is 0 Å². The first kappa shape index (κ1) is 18.7. The maximum absolute atomic E-state index is 13.0. The lowest BCUT2D eigenvalue weighted by Gasteiger charge is -2.37. The molecule has 3 atom stereocenters. The highest BCUT2D eigenvalue weighted by atomic mass is 16.2. The number of piperidine rings is 1. The summed E-state index contributed by atoms with van der Waals surface area (Å²) < 4.78 is 1.70. The van der Waals surface area contributed by atoms with E-state index in [0.29, 0.717) is 18.6 Å². The van der Waals surface area contributed by atoms with Crippen LogP contribution in [0.2, 0.25) is 0 Å². The van der Waals surface area contributed by atoms with Crippen LogP contribution in [0.4, 0.5) is 0 Å². The minimum Gasteiger partial charge on any atom is -0.349 e. The van der Waals surface area contributed by atoms with Gasteiger partial charge in [0.1, 0.15) is 5.56 Å². The highest BCUT2D eigenvalue weighted by Gasteiger charge is 2.41. The smallest absolute Gasteiger partial charge is 0.264 e. The number of nitrogens with one attached hydrogen (secondary N) is 1. The predicted molar refractivity (Wildman–Crippen MR) is 108 cm³/mol. The largest absolute Gasteiger partial charge is 0.349 e. The Morgan fingerprint density at radius 2 is 1.93 bits per heavy atom. The van der Waals surface area contributed by atoms with Crippen LogP contribution < -0.4 is 10.9 Å². The number of rotatable bonds is 4. The summed E-state index contributed by atoms with van der Waals surface area (Å²) in [6, 6.07) is 12.4. The van der Waals surface area contributed by atoms with Crippen molar-refractivity contribution in [2.75, 3.05) is 6.54 Å². The molecule has 2 fully saturated rings. The Morgan fingerprint density at radius 3 is 2.57 bits per heavy atom. The average molecular weight is 378 g/mol. The van der Waals surface area contributed by atoms with Crippen LogP contribution in [0.15, 0.2) is 35.1 Å². The number of nitrogens with zero attached hydrogens (tertiary/aromatic N) is 3. The molecular weight excluding hydrogens is 352 g/mol. The van der Waals surface area contributed by atoms with Gasteiger partial charge in [-0.2, -0.15) is 5.26 Å². The molecule has 2 saturated heterocycles. The van der Waals surface area contributed by atoms with Gasteiger partial charge in [0.05, 0.1) is 18.1 Å². The zero-order chi connectivity index (χ0) is 19.8. The number of carbonyl (C=O) groups is 1. The van der Waals surface area contributed by atoms with E-state index in [1.54, 1.807) is 10.6 Å². The number of hydrogen-bond acceptors (Lipinski definition) is 4. The second kappa shape index (κ2) is 7.40. The van der Waals surface area contributed by atoms with E-state index < -0.39 is 0 Å². The first-order valence-electron chi connectivity index (χ1n) is 10.1. The number of benzene rings is 1. The molecule has 2 bridgehead atoms. The fourth-order valence-electron chi connectivity index (χ4n) is 4.96. The molecule has 1 amide bonds. The van der Waals surface area contributed by atoms with Crippen molar-refractivity contribution >= 4 is 16.8 Å². The van der Waals surface area contributed by atoms with E-state index in [1.807, 2.05) is 38.1 Å². The summed E-state index contributed by atoms with van der Waals surface area (Å²) in [6.45, 7) is 4.37. The number of nitriles is 1. The van der Waals surface area contributed by atoms with Crippen LogP contribution in [0.3, 0.4) is 0 Å². The van der Waals surface area contributed by atoms with E-state index in [0.717, 1.165) is 36.6 Å². The molecule has 4 rings (SSSR count). The molecule has 1 unspecified atom stereocenters. The van der Waals surface area contributed by atoms with Gasteiger partial charge in [0.15, 0.2) is 0 Å². The van der Waals surface area contributed by atoms with Crippen molar-refractivity contribution in [2.45, 2.75) is 63.7 Å². The average Bonchev–Trinajstić information content (AvgIpc) is 2.90. The summed E-state index contributed by atoms with van der Waals surface area (Å²) in [5, 5.41) is 13.0. The van der Waals surface area contributed by atoms with Crippen molar-refractivity contribution in [3.63, 3.8) is 0 Å². The number of para-hydroxylation sites is 1. The lowest BCUT2D eigenvalue weighted by Crippen LogP contribution is -2.51. The number of amides is 1. The van der Waals surface area contributed by atoms with Gasteiger partial charge < -0.3 is 9.88 Å². The molecule has 1 aromatic carbocycles. The Kier molecular flexibility index (Phi) is 4.94. The fraction of sp³-hybridized carbons (Fsp3) is 0.500. The third kappa shape index (κ3) is 3.20. The van der Waals surface area contributed by atoms with Crippen LogP contribution in [0.1, 0.15) is 55.9 Å². The van der Waals surface area contributed by atoms with Crippen molar-refractivity contribution in [1.82, 2.24) is 14.8 Å². The third-order valence-electron chi connectivity index (χ3n) is 6.18. The topological polar surface area (TPSA) is 78.1 Å². The Bertz CT molecular complexity index is 990. The highest BCUT2D eigenvalue weighted by molar-refractivity contribution is 5.97. The minimum absolute atomic E-state index is 0.0322. The molecule has 1 aromatic heterocycles. The van der Waals surface area contributed by atoms with E-state index in [-0.39, 0.29) is 29.1 Å². The molecular formula is C22H26N4O2. The van der Waals surface area contributed by atoms with E-state index >= 15 is 0 Å². The zero-order valence-electron chi connectivity index (χ0n) is 16.4. The van der Waals surface area contributed by atoms with Gasteiger partial charge in [-0.1, -0.05) is 18.2 Å². The molecule has 2 aromatic rings. The van der Waals surface area contributed by atoms with Crippen molar-refractivity contribution in [3.8, 4) is 6.07 Å². The van der Waals surface area contributed by atoms with Crippen LogP contribution in [-0.2, 0) is 0 Å². The number of carbonyl (C=O) groups excluding carboxylic acids is 1. The van der Waals surface area contributed by atoms with Gasteiger partial charge in [0, 0.05) is 24.2 Å². The summed E-state index contributed by atoms with van der Waals surface area (Å²) in [7, 11) is 0. The summed E-state index contributed by atoms with van der Waals surface area (Å²) in [5.41, 5.74) is 0.817. The highest BCUT2D eigenvalue weighted by Crippen LogP contribution is 2.35. The van der Waals surface area contributed by atoms with Gasteiger partial charge in [-0.05, 0) is 57.0 Å². The number of aromatic nitrogens is 1. The van der Waals surface area contributed by atoms with Crippen molar-refractivity contribution in [1.29, 1.82) is 5.26 Å². The summed E-state index contributed by atoms with van der Waals surface area (Å²) in [5.74, 6) is -0.289. The second-order valence-corrected chi connectivity index (χ2v) is 8.24. The molecule has 0 radical (unpaired) electrons. The first-order chi connectivity index (χ1) is 13.5. The molecule has 0 saturated carbocycles. The zero-order valence-corrected chi connectivity index (χ0v) is 16.4. The van der Waals surface area contributed by atoms with Gasteiger partial charge in [-0.15, -0.1) is 0 Å². The maximum Gasteiger partial charge on any atom is 0.264 e. The Balaban J connectivity index is 1.60. The quantitative estimate of drug-likeness (QED) is 0.830. The van der Waals surface area contributed by atoms with Gasteiger partial charge in [-0.3, -0.25) is 14.5 Å². The fourth-order valence-corrected chi connectivity index (χ4v) is 4.96. The molecule has 0 spiro atoms. The van der Waals surface area contributed by atoms with Crippen LogP contribution in [0, 0.1) is 11.3 Å². The normalized spacial score (nSPS) is 24.4. The van der Waals surface area contributed by atoms with Crippen molar-refractivity contribution in [3.05, 3.63) is 46.2 Å². The molecule has 1 N–H and O–H groups in total. The molecule has 2 aliphatic rings. The summed E-state index contributed by atoms with van der Waals surface area (Å²) in [4.78, 5) is 28.3. The molecule has 6 heteroatoms. The maximum atomic E-state index is 13.0. The van der Waals surface area contributed by atoms with Gasteiger partial charge in [-0.25, -0.2) is 0 Å². The van der Waals surface area contributed by atoms with Crippen molar-refractivity contribution in [2.24, 2.45) is 0 Å². The number of hydrogen-bond donors (Lipinski definition) is 1. The van der Waals surface area contributed by atoms with Crippen LogP contribution in [0.5, 0.6) is 0 Å². The van der Waals surface area contributed by atoms with E-state index in [2.05, 4.69) is 16.3 Å². The summed E-state index contributed by atoms with van der Waals surface area (Å²) >= 11 is 0. The Labute approximate surface area is 164 Å². The Hall–Kier alpha value is -2.65. The SMILES string of the molecule is CC(C)n1c(=O)c(C(=O)NC2C[C@H]3CC[C@@H](C2)N3CC#N)cc2ccccc21. The molecule has 28 heavy (non-hydrogen) atoms. The van der Waals surface area contributed by atoms with Crippen LogP contribution in [0.25, 0.3) is 10.9 Å².